The Kier molecular flexibility index (Phi) is 5.59. The van der Waals surface area contributed by atoms with Crippen LogP contribution < -0.4 is 10.2 Å². The van der Waals surface area contributed by atoms with Gasteiger partial charge in [0.2, 0.25) is 5.91 Å². The molecule has 1 atom stereocenters. The molecule has 132 valence electrons. The molecule has 9 heteroatoms. The van der Waals surface area contributed by atoms with Crippen molar-refractivity contribution in [3.8, 4) is 0 Å². The van der Waals surface area contributed by atoms with Crippen LogP contribution in [0.2, 0.25) is 10.0 Å². The smallest absolute Gasteiger partial charge is 0.276 e. The SMILES string of the molecule is O=C1NC(=O)N(c2ccc(I)cc2)C(=O)[C@H]1C=Nc1cc(Cl)cc(Cl)c1. The van der Waals surface area contributed by atoms with E-state index in [0.717, 1.165) is 8.47 Å². The molecule has 0 saturated carbocycles. The number of carbonyl (C=O) groups excluding carboxylic acids is 3. The molecule has 3 rings (SSSR count). The Morgan fingerprint density at radius 2 is 1.65 bits per heavy atom. The summed E-state index contributed by atoms with van der Waals surface area (Å²) in [4.78, 5) is 41.9. The van der Waals surface area contributed by atoms with E-state index < -0.39 is 23.8 Å². The van der Waals surface area contributed by atoms with E-state index in [2.05, 4.69) is 32.9 Å². The van der Waals surface area contributed by atoms with Crippen molar-refractivity contribution in [1.82, 2.24) is 5.32 Å². The number of hydrogen-bond acceptors (Lipinski definition) is 4. The summed E-state index contributed by atoms with van der Waals surface area (Å²) in [7, 11) is 0. The Labute approximate surface area is 172 Å². The van der Waals surface area contributed by atoms with E-state index in [1.54, 1.807) is 24.3 Å². The van der Waals surface area contributed by atoms with Crippen LogP contribution in [-0.2, 0) is 9.59 Å². The van der Waals surface area contributed by atoms with E-state index in [1.165, 1.54) is 24.4 Å². The molecule has 1 fully saturated rings. The quantitative estimate of drug-likeness (QED) is 0.389. The van der Waals surface area contributed by atoms with Crippen LogP contribution in [0.25, 0.3) is 0 Å². The average molecular weight is 502 g/mol. The van der Waals surface area contributed by atoms with E-state index in [0.29, 0.717) is 21.4 Å². The monoisotopic (exact) mass is 501 g/mol. The highest BCUT2D eigenvalue weighted by Crippen LogP contribution is 2.25. The molecule has 1 aliphatic heterocycles. The summed E-state index contributed by atoms with van der Waals surface area (Å²) in [6.45, 7) is 0. The first-order valence-electron chi connectivity index (χ1n) is 7.30. The van der Waals surface area contributed by atoms with Crippen LogP contribution in [0.3, 0.4) is 0 Å². The summed E-state index contributed by atoms with van der Waals surface area (Å²) >= 11 is 13.9. The van der Waals surface area contributed by atoms with E-state index >= 15 is 0 Å². The van der Waals surface area contributed by atoms with Crippen LogP contribution in [0.5, 0.6) is 0 Å². The number of imide groups is 2. The van der Waals surface area contributed by atoms with E-state index in [-0.39, 0.29) is 0 Å². The molecule has 6 nitrogen and oxygen atoms in total. The van der Waals surface area contributed by atoms with Crippen molar-refractivity contribution in [3.63, 3.8) is 0 Å². The molecular weight excluding hydrogens is 492 g/mol. The van der Waals surface area contributed by atoms with Crippen molar-refractivity contribution in [3.05, 3.63) is 56.1 Å². The lowest BCUT2D eigenvalue weighted by Gasteiger charge is -2.28. The van der Waals surface area contributed by atoms with Crippen molar-refractivity contribution in [2.24, 2.45) is 10.9 Å². The van der Waals surface area contributed by atoms with Crippen molar-refractivity contribution >= 4 is 81.2 Å². The Hall–Kier alpha value is -1.97. The maximum absolute atomic E-state index is 12.7. The predicted octanol–water partition coefficient (Wildman–Crippen LogP) is 4.20. The normalized spacial score (nSPS) is 17.7. The highest BCUT2D eigenvalue weighted by molar-refractivity contribution is 14.1. The third-order valence-electron chi connectivity index (χ3n) is 3.51. The second kappa shape index (κ2) is 7.73. The fraction of sp³-hybridized carbons (Fsp3) is 0.0588. The third kappa shape index (κ3) is 4.05. The lowest BCUT2D eigenvalue weighted by Crippen LogP contribution is -2.58. The van der Waals surface area contributed by atoms with Gasteiger partial charge in [-0.2, -0.15) is 0 Å². The molecule has 0 unspecified atom stereocenters. The van der Waals surface area contributed by atoms with Gasteiger partial charge in [0, 0.05) is 19.8 Å². The van der Waals surface area contributed by atoms with E-state index in [1.807, 2.05) is 0 Å². The molecule has 4 amide bonds. The minimum atomic E-state index is -1.25. The number of aliphatic imine (C=N–C) groups is 1. The van der Waals surface area contributed by atoms with Gasteiger partial charge in [0.05, 0.1) is 11.4 Å². The largest absolute Gasteiger partial charge is 0.335 e. The molecular formula is C17H10Cl2IN3O3. The summed E-state index contributed by atoms with van der Waals surface area (Å²) in [6, 6.07) is 10.6. The van der Waals surface area contributed by atoms with Gasteiger partial charge in [-0.1, -0.05) is 23.2 Å². The number of halogens is 3. The number of urea groups is 1. The van der Waals surface area contributed by atoms with Gasteiger partial charge >= 0.3 is 6.03 Å². The van der Waals surface area contributed by atoms with Gasteiger partial charge in [0.15, 0.2) is 5.92 Å². The number of nitrogens with zero attached hydrogens (tertiary/aromatic N) is 2. The molecule has 0 spiro atoms. The fourth-order valence-corrected chi connectivity index (χ4v) is 3.20. The first-order valence-corrected chi connectivity index (χ1v) is 9.13. The van der Waals surface area contributed by atoms with Gasteiger partial charge in [0.1, 0.15) is 0 Å². The lowest BCUT2D eigenvalue weighted by molar-refractivity contribution is -0.131. The number of anilines is 1. The minimum absolute atomic E-state index is 0.365. The number of carbonyl (C=O) groups is 3. The van der Waals surface area contributed by atoms with Crippen LogP contribution in [-0.4, -0.2) is 24.1 Å². The maximum atomic E-state index is 12.7. The van der Waals surface area contributed by atoms with Gasteiger partial charge in [-0.05, 0) is 65.1 Å². The molecule has 1 N–H and O–H groups in total. The first kappa shape index (κ1) is 18.8. The summed E-state index contributed by atoms with van der Waals surface area (Å²) in [5.41, 5.74) is 0.755. The summed E-state index contributed by atoms with van der Waals surface area (Å²) in [5, 5.41) is 2.91. The van der Waals surface area contributed by atoms with Crippen molar-refractivity contribution < 1.29 is 14.4 Å². The Balaban J connectivity index is 1.90. The average Bonchev–Trinajstić information content (AvgIpc) is 2.55. The zero-order chi connectivity index (χ0) is 18.8. The molecule has 0 aliphatic carbocycles. The first-order chi connectivity index (χ1) is 12.3. The van der Waals surface area contributed by atoms with Crippen LogP contribution >= 0.6 is 45.8 Å². The van der Waals surface area contributed by atoms with Crippen molar-refractivity contribution in [2.75, 3.05) is 4.90 Å². The second-order valence-corrected chi connectivity index (χ2v) is 7.45. The maximum Gasteiger partial charge on any atom is 0.335 e. The second-order valence-electron chi connectivity index (χ2n) is 5.33. The van der Waals surface area contributed by atoms with Crippen LogP contribution in [0, 0.1) is 9.49 Å². The number of barbiturate groups is 1. The van der Waals surface area contributed by atoms with Gasteiger partial charge in [0.25, 0.3) is 5.91 Å². The molecule has 1 saturated heterocycles. The van der Waals surface area contributed by atoms with Gasteiger partial charge in [-0.25, -0.2) is 9.69 Å². The minimum Gasteiger partial charge on any atom is -0.276 e. The van der Waals surface area contributed by atoms with Crippen molar-refractivity contribution in [1.29, 1.82) is 0 Å². The van der Waals surface area contributed by atoms with Crippen LogP contribution in [0.15, 0.2) is 47.5 Å². The van der Waals surface area contributed by atoms with E-state index in [4.69, 9.17) is 23.2 Å². The molecule has 26 heavy (non-hydrogen) atoms. The molecule has 1 aliphatic rings. The zero-order valence-corrected chi connectivity index (χ0v) is 16.6. The van der Waals surface area contributed by atoms with Gasteiger partial charge in [-0.15, -0.1) is 0 Å². The zero-order valence-electron chi connectivity index (χ0n) is 12.9. The third-order valence-corrected chi connectivity index (χ3v) is 4.66. The molecule has 0 aromatic heterocycles. The standard InChI is InChI=1S/C17H10Cl2IN3O3/c18-9-5-10(19)7-12(6-9)21-8-14-15(24)22-17(26)23(16(14)25)13-3-1-11(20)2-4-13/h1-8,14H,(H,22,24,26)/t14-/m0/s1. The number of rotatable bonds is 3. The Morgan fingerprint density at radius 1 is 1.04 bits per heavy atom. The predicted molar refractivity (Wildman–Crippen MR) is 108 cm³/mol. The summed E-state index contributed by atoms with van der Waals surface area (Å²) in [5.74, 6) is -2.67. The fourth-order valence-electron chi connectivity index (χ4n) is 2.33. The van der Waals surface area contributed by atoms with Crippen molar-refractivity contribution in [2.45, 2.75) is 0 Å². The summed E-state index contributed by atoms with van der Waals surface area (Å²) < 4.78 is 0.947. The highest BCUT2D eigenvalue weighted by Gasteiger charge is 2.40. The molecule has 2 aromatic carbocycles. The highest BCUT2D eigenvalue weighted by atomic mass is 127. The molecule has 1 heterocycles. The molecule has 0 bridgehead atoms. The number of nitrogens with one attached hydrogen (secondary N) is 1. The van der Waals surface area contributed by atoms with Crippen LogP contribution in [0.4, 0.5) is 16.2 Å². The number of amides is 4. The number of hydrogen-bond donors (Lipinski definition) is 1. The topological polar surface area (TPSA) is 78.8 Å². The van der Waals surface area contributed by atoms with Gasteiger partial charge in [-0.3, -0.25) is 19.9 Å². The Morgan fingerprint density at radius 3 is 2.27 bits per heavy atom. The Bertz CT molecular complexity index is 911. The molecule has 2 aromatic rings. The van der Waals surface area contributed by atoms with Gasteiger partial charge < -0.3 is 0 Å². The lowest BCUT2D eigenvalue weighted by atomic mass is 10.1. The molecule has 0 radical (unpaired) electrons. The van der Waals surface area contributed by atoms with E-state index in [9.17, 15) is 14.4 Å². The summed E-state index contributed by atoms with van der Waals surface area (Å²) in [6.07, 6.45) is 1.17. The van der Waals surface area contributed by atoms with Crippen LogP contribution in [0.1, 0.15) is 0 Å². The number of benzene rings is 2.